The number of para-hydroxylation sites is 1. The van der Waals surface area contributed by atoms with E-state index in [4.69, 9.17) is 4.74 Å². The number of carbonyl (C=O) groups is 1. The predicted octanol–water partition coefficient (Wildman–Crippen LogP) is 2.10. The number of phenolic OH excluding ortho intramolecular Hbond substituents is 1. The second-order valence-corrected chi connectivity index (χ2v) is 4.17. The second kappa shape index (κ2) is 5.12. The topological polar surface area (TPSA) is 46.5 Å². The van der Waals surface area contributed by atoms with Gasteiger partial charge in [0.15, 0.2) is 0 Å². The Kier molecular flexibility index (Phi) is 3.57. The van der Waals surface area contributed by atoms with Crippen LogP contribution >= 0.6 is 0 Å². The second-order valence-electron chi connectivity index (χ2n) is 4.17. The molecule has 1 aromatic carbocycles. The third kappa shape index (κ3) is 2.25. The maximum absolute atomic E-state index is 11.2. The van der Waals surface area contributed by atoms with E-state index in [2.05, 4.69) is 0 Å². The monoisotopic (exact) mass is 220 g/mol. The molecule has 1 unspecified atom stereocenters. The lowest BCUT2D eigenvalue weighted by molar-refractivity contribution is -0.110. The van der Waals surface area contributed by atoms with Crippen LogP contribution in [0.1, 0.15) is 24.3 Å². The first-order chi connectivity index (χ1) is 7.83. The van der Waals surface area contributed by atoms with E-state index in [0.717, 1.165) is 24.7 Å². The van der Waals surface area contributed by atoms with Crippen LogP contribution in [-0.4, -0.2) is 24.6 Å². The maximum atomic E-state index is 11.2. The Hall–Kier alpha value is -1.35. The summed E-state index contributed by atoms with van der Waals surface area (Å²) >= 11 is 0. The molecule has 1 saturated heterocycles. The molecule has 0 aromatic heterocycles. The van der Waals surface area contributed by atoms with E-state index < -0.39 is 0 Å². The van der Waals surface area contributed by atoms with Gasteiger partial charge in [-0.3, -0.25) is 0 Å². The Morgan fingerprint density at radius 1 is 1.31 bits per heavy atom. The summed E-state index contributed by atoms with van der Waals surface area (Å²) in [4.78, 5) is 11.2. The van der Waals surface area contributed by atoms with Gasteiger partial charge in [0.1, 0.15) is 12.0 Å². The van der Waals surface area contributed by atoms with E-state index in [0.29, 0.717) is 19.1 Å². The summed E-state index contributed by atoms with van der Waals surface area (Å²) in [5.74, 6) is 0.302. The molecule has 1 aliphatic rings. The summed E-state index contributed by atoms with van der Waals surface area (Å²) < 4.78 is 5.28. The van der Waals surface area contributed by atoms with Crippen LogP contribution in [0.3, 0.4) is 0 Å². The van der Waals surface area contributed by atoms with Gasteiger partial charge in [-0.2, -0.15) is 0 Å². The van der Waals surface area contributed by atoms with Gasteiger partial charge in [0, 0.05) is 24.7 Å². The molecule has 3 heteroatoms. The minimum absolute atomic E-state index is 0.204. The van der Waals surface area contributed by atoms with Crippen molar-refractivity contribution in [3.8, 4) is 5.75 Å². The fourth-order valence-corrected chi connectivity index (χ4v) is 2.28. The molecule has 0 bridgehead atoms. The largest absolute Gasteiger partial charge is 0.508 e. The van der Waals surface area contributed by atoms with Crippen LogP contribution in [0.2, 0.25) is 0 Å². The highest BCUT2D eigenvalue weighted by Crippen LogP contribution is 2.34. The predicted molar refractivity (Wildman–Crippen MR) is 60.5 cm³/mol. The van der Waals surface area contributed by atoms with E-state index in [1.807, 2.05) is 12.1 Å². The van der Waals surface area contributed by atoms with Crippen molar-refractivity contribution in [3.63, 3.8) is 0 Å². The molecule has 1 aliphatic heterocycles. The van der Waals surface area contributed by atoms with Gasteiger partial charge in [-0.05, 0) is 24.8 Å². The smallest absolute Gasteiger partial charge is 0.127 e. The molecule has 3 nitrogen and oxygen atoms in total. The maximum Gasteiger partial charge on any atom is 0.127 e. The van der Waals surface area contributed by atoms with Gasteiger partial charge < -0.3 is 14.6 Å². The number of phenols is 1. The highest BCUT2D eigenvalue weighted by molar-refractivity contribution is 5.64. The molecule has 16 heavy (non-hydrogen) atoms. The van der Waals surface area contributed by atoms with Gasteiger partial charge >= 0.3 is 0 Å². The van der Waals surface area contributed by atoms with Gasteiger partial charge in [-0.25, -0.2) is 0 Å². The average Bonchev–Trinajstić information content (AvgIpc) is 2.34. The quantitative estimate of drug-likeness (QED) is 0.793. The van der Waals surface area contributed by atoms with Crippen molar-refractivity contribution in [2.24, 2.45) is 5.92 Å². The summed E-state index contributed by atoms with van der Waals surface area (Å²) in [6.07, 6.45) is 2.72. The van der Waals surface area contributed by atoms with Crippen molar-refractivity contribution in [3.05, 3.63) is 29.8 Å². The molecule has 1 N–H and O–H groups in total. The molecule has 1 aromatic rings. The number of hydrogen-bond acceptors (Lipinski definition) is 3. The van der Waals surface area contributed by atoms with Crippen LogP contribution in [0.5, 0.6) is 5.75 Å². The molecular weight excluding hydrogens is 204 g/mol. The summed E-state index contributed by atoms with van der Waals surface area (Å²) in [6, 6.07) is 7.07. The minimum atomic E-state index is -0.204. The normalized spacial score (nSPS) is 19.2. The number of aromatic hydroxyl groups is 1. The Morgan fingerprint density at radius 3 is 2.62 bits per heavy atom. The number of ether oxygens (including phenoxy) is 1. The summed E-state index contributed by atoms with van der Waals surface area (Å²) in [7, 11) is 0. The molecule has 86 valence electrons. The van der Waals surface area contributed by atoms with Crippen LogP contribution < -0.4 is 0 Å². The fourth-order valence-electron chi connectivity index (χ4n) is 2.28. The molecular formula is C13H16O3. The van der Waals surface area contributed by atoms with E-state index >= 15 is 0 Å². The average molecular weight is 220 g/mol. The molecule has 2 rings (SSSR count). The highest BCUT2D eigenvalue weighted by Gasteiger charge is 2.26. The Morgan fingerprint density at radius 2 is 2.00 bits per heavy atom. The van der Waals surface area contributed by atoms with Crippen molar-refractivity contribution >= 4 is 6.29 Å². The number of hydrogen-bond donors (Lipinski definition) is 1. The lowest BCUT2D eigenvalue weighted by atomic mass is 9.82. The van der Waals surface area contributed by atoms with Crippen LogP contribution in [-0.2, 0) is 9.53 Å². The van der Waals surface area contributed by atoms with Crippen molar-refractivity contribution < 1.29 is 14.6 Å². The molecule has 0 spiro atoms. The Labute approximate surface area is 95.0 Å². The first kappa shape index (κ1) is 11.1. The number of rotatable bonds is 3. The first-order valence-corrected chi connectivity index (χ1v) is 5.64. The zero-order valence-corrected chi connectivity index (χ0v) is 9.13. The number of carbonyl (C=O) groups excluding carboxylic acids is 1. The van der Waals surface area contributed by atoms with E-state index in [1.165, 1.54) is 0 Å². The van der Waals surface area contributed by atoms with Gasteiger partial charge in [0.05, 0.1) is 0 Å². The van der Waals surface area contributed by atoms with Gasteiger partial charge in [-0.1, -0.05) is 18.2 Å². The standard InChI is InChI=1S/C13H16O3/c14-9-12(10-5-7-16-8-6-10)11-3-1-2-4-13(11)15/h1-4,9-10,12,15H,5-8H2. The Balaban J connectivity index is 2.21. The fraction of sp³-hybridized carbons (Fsp3) is 0.462. The molecule has 1 fully saturated rings. The summed E-state index contributed by atoms with van der Waals surface area (Å²) in [6.45, 7) is 1.42. The van der Waals surface area contributed by atoms with Gasteiger partial charge in [-0.15, -0.1) is 0 Å². The van der Waals surface area contributed by atoms with Gasteiger partial charge in [0.2, 0.25) is 0 Å². The van der Waals surface area contributed by atoms with Crippen molar-refractivity contribution in [1.82, 2.24) is 0 Å². The minimum Gasteiger partial charge on any atom is -0.508 e. The van der Waals surface area contributed by atoms with Crippen molar-refractivity contribution in [1.29, 1.82) is 0 Å². The molecule has 0 saturated carbocycles. The molecule has 0 aliphatic carbocycles. The van der Waals surface area contributed by atoms with Crippen LogP contribution in [0.25, 0.3) is 0 Å². The zero-order valence-electron chi connectivity index (χ0n) is 9.13. The summed E-state index contributed by atoms with van der Waals surface area (Å²) in [5.41, 5.74) is 0.740. The molecule has 1 heterocycles. The lowest BCUT2D eigenvalue weighted by Gasteiger charge is -2.27. The first-order valence-electron chi connectivity index (χ1n) is 5.64. The Bertz CT molecular complexity index is 356. The van der Waals surface area contributed by atoms with Gasteiger partial charge in [0.25, 0.3) is 0 Å². The van der Waals surface area contributed by atoms with Crippen LogP contribution in [0.4, 0.5) is 0 Å². The van der Waals surface area contributed by atoms with Crippen LogP contribution in [0.15, 0.2) is 24.3 Å². The SMILES string of the molecule is O=CC(c1ccccc1O)C1CCOCC1. The molecule has 0 amide bonds. The number of aldehydes is 1. The lowest BCUT2D eigenvalue weighted by Crippen LogP contribution is -2.23. The van der Waals surface area contributed by atoms with Crippen molar-refractivity contribution in [2.45, 2.75) is 18.8 Å². The van der Waals surface area contributed by atoms with E-state index in [-0.39, 0.29) is 11.7 Å². The highest BCUT2D eigenvalue weighted by atomic mass is 16.5. The third-order valence-corrected chi connectivity index (χ3v) is 3.22. The molecule has 0 radical (unpaired) electrons. The van der Waals surface area contributed by atoms with Crippen molar-refractivity contribution in [2.75, 3.05) is 13.2 Å². The van der Waals surface area contributed by atoms with E-state index in [1.54, 1.807) is 12.1 Å². The summed E-state index contributed by atoms with van der Waals surface area (Å²) in [5, 5.41) is 9.75. The van der Waals surface area contributed by atoms with Crippen LogP contribution in [0, 0.1) is 5.92 Å². The zero-order chi connectivity index (χ0) is 11.4. The number of benzene rings is 1. The molecule has 1 atom stereocenters. The third-order valence-electron chi connectivity index (χ3n) is 3.22. The van der Waals surface area contributed by atoms with E-state index in [9.17, 15) is 9.90 Å².